The monoisotopic (exact) mass is 252 g/mol. The Morgan fingerprint density at radius 1 is 1.29 bits per heavy atom. The first-order valence-electron chi connectivity index (χ1n) is 5.34. The van der Waals surface area contributed by atoms with Gasteiger partial charge < -0.3 is 4.98 Å². The smallest absolute Gasteiger partial charge is 0.329 e. The molecule has 0 radical (unpaired) electrons. The van der Waals surface area contributed by atoms with E-state index in [1.54, 1.807) is 0 Å². The molecule has 0 unspecified atom stereocenters. The van der Waals surface area contributed by atoms with Crippen LogP contribution in [0.2, 0.25) is 0 Å². The van der Waals surface area contributed by atoms with Gasteiger partial charge in [0.25, 0.3) is 5.56 Å². The van der Waals surface area contributed by atoms with Gasteiger partial charge in [-0.3, -0.25) is 14.3 Å². The van der Waals surface area contributed by atoms with Gasteiger partial charge in [0.2, 0.25) is 0 Å². The standard InChI is InChI=1S/C10H12N4O2S/c1-3-5-11-7-6(9(17)12-5)8(15)13-10(16)14(7)4-2/h3-4H2,1-2H3,(H,11,12,17)(H,13,15,16). The summed E-state index contributed by atoms with van der Waals surface area (Å²) in [6.45, 7) is 4.19. The molecule has 2 heterocycles. The van der Waals surface area contributed by atoms with Crippen molar-refractivity contribution in [2.45, 2.75) is 26.8 Å². The lowest BCUT2D eigenvalue weighted by Crippen LogP contribution is -2.31. The van der Waals surface area contributed by atoms with E-state index in [9.17, 15) is 9.59 Å². The second kappa shape index (κ2) is 4.25. The van der Waals surface area contributed by atoms with Gasteiger partial charge in [-0.25, -0.2) is 9.78 Å². The van der Waals surface area contributed by atoms with E-state index in [0.29, 0.717) is 24.4 Å². The van der Waals surface area contributed by atoms with Gasteiger partial charge in [-0.1, -0.05) is 19.1 Å². The van der Waals surface area contributed by atoms with E-state index in [1.165, 1.54) is 4.57 Å². The van der Waals surface area contributed by atoms with E-state index in [1.807, 2.05) is 13.8 Å². The summed E-state index contributed by atoms with van der Waals surface area (Å²) in [6, 6.07) is 0. The molecule has 7 heteroatoms. The number of aromatic nitrogens is 4. The molecule has 0 aliphatic heterocycles. The molecule has 2 N–H and O–H groups in total. The van der Waals surface area contributed by atoms with Gasteiger partial charge >= 0.3 is 5.69 Å². The van der Waals surface area contributed by atoms with Crippen LogP contribution in [-0.4, -0.2) is 19.5 Å². The topological polar surface area (TPSA) is 83.5 Å². The van der Waals surface area contributed by atoms with Gasteiger partial charge in [0.15, 0.2) is 0 Å². The lowest BCUT2D eigenvalue weighted by atomic mass is 10.3. The van der Waals surface area contributed by atoms with Gasteiger partial charge in [-0.05, 0) is 6.92 Å². The average Bonchev–Trinajstić information content (AvgIpc) is 2.28. The van der Waals surface area contributed by atoms with Crippen molar-refractivity contribution >= 4 is 23.3 Å². The third-order valence-electron chi connectivity index (χ3n) is 2.56. The number of fused-ring (bicyclic) bond motifs is 1. The highest BCUT2D eigenvalue weighted by atomic mass is 32.1. The number of H-pyrrole nitrogens is 2. The summed E-state index contributed by atoms with van der Waals surface area (Å²) in [7, 11) is 0. The van der Waals surface area contributed by atoms with Gasteiger partial charge in [-0.15, -0.1) is 0 Å². The average molecular weight is 252 g/mol. The van der Waals surface area contributed by atoms with Crippen molar-refractivity contribution < 1.29 is 0 Å². The number of aromatic amines is 2. The predicted molar refractivity (Wildman–Crippen MR) is 66.9 cm³/mol. The van der Waals surface area contributed by atoms with Gasteiger partial charge in [0.05, 0.1) is 0 Å². The molecular weight excluding hydrogens is 240 g/mol. The molecule has 0 aromatic carbocycles. The fourth-order valence-corrected chi connectivity index (χ4v) is 2.01. The van der Waals surface area contributed by atoms with E-state index in [-0.39, 0.29) is 10.0 Å². The Labute approximate surface area is 101 Å². The molecule has 0 saturated heterocycles. The van der Waals surface area contributed by atoms with E-state index >= 15 is 0 Å². The zero-order chi connectivity index (χ0) is 12.6. The van der Waals surface area contributed by atoms with Crippen molar-refractivity contribution in [2.75, 3.05) is 0 Å². The van der Waals surface area contributed by atoms with E-state index < -0.39 is 11.2 Å². The Morgan fingerprint density at radius 3 is 2.59 bits per heavy atom. The van der Waals surface area contributed by atoms with Crippen LogP contribution in [0.15, 0.2) is 9.59 Å². The van der Waals surface area contributed by atoms with E-state index in [2.05, 4.69) is 15.0 Å². The molecule has 0 saturated carbocycles. The molecule has 0 atom stereocenters. The highest BCUT2D eigenvalue weighted by Gasteiger charge is 2.09. The fourth-order valence-electron chi connectivity index (χ4n) is 1.71. The Morgan fingerprint density at radius 2 is 2.00 bits per heavy atom. The highest BCUT2D eigenvalue weighted by Crippen LogP contribution is 2.06. The van der Waals surface area contributed by atoms with Crippen molar-refractivity contribution in [2.24, 2.45) is 0 Å². The van der Waals surface area contributed by atoms with Crippen LogP contribution in [0.3, 0.4) is 0 Å². The molecule has 2 aromatic rings. The molecule has 0 spiro atoms. The minimum Gasteiger partial charge on any atom is -0.329 e. The van der Waals surface area contributed by atoms with Crippen molar-refractivity contribution in [3.05, 3.63) is 31.3 Å². The third kappa shape index (κ3) is 1.82. The van der Waals surface area contributed by atoms with Crippen LogP contribution in [0.5, 0.6) is 0 Å². The molecular formula is C10H12N4O2S. The molecule has 0 amide bonds. The molecule has 0 aliphatic rings. The molecule has 2 aromatic heterocycles. The van der Waals surface area contributed by atoms with Crippen molar-refractivity contribution in [3.8, 4) is 0 Å². The Hall–Kier alpha value is -1.76. The Kier molecular flexibility index (Phi) is 2.93. The number of nitrogens with one attached hydrogen (secondary N) is 2. The van der Waals surface area contributed by atoms with Crippen LogP contribution >= 0.6 is 12.2 Å². The van der Waals surface area contributed by atoms with Crippen molar-refractivity contribution in [1.29, 1.82) is 0 Å². The second-order valence-electron chi connectivity index (χ2n) is 3.57. The maximum Gasteiger partial charge on any atom is 0.329 e. The first kappa shape index (κ1) is 11.7. The first-order valence-corrected chi connectivity index (χ1v) is 5.75. The number of rotatable bonds is 2. The van der Waals surface area contributed by atoms with Crippen LogP contribution < -0.4 is 11.2 Å². The third-order valence-corrected chi connectivity index (χ3v) is 2.86. The molecule has 0 bridgehead atoms. The molecule has 17 heavy (non-hydrogen) atoms. The summed E-state index contributed by atoms with van der Waals surface area (Å²) in [5.74, 6) is 0.662. The minimum atomic E-state index is -0.494. The quantitative estimate of drug-likeness (QED) is 0.772. The minimum absolute atomic E-state index is 0.221. The van der Waals surface area contributed by atoms with Gasteiger partial charge in [0.1, 0.15) is 21.5 Å². The first-order chi connectivity index (χ1) is 8.08. The Balaban J connectivity index is 3.10. The maximum atomic E-state index is 11.7. The van der Waals surface area contributed by atoms with E-state index in [0.717, 1.165) is 0 Å². The van der Waals surface area contributed by atoms with Crippen LogP contribution in [0.4, 0.5) is 0 Å². The van der Waals surface area contributed by atoms with Gasteiger partial charge in [-0.2, -0.15) is 0 Å². The second-order valence-corrected chi connectivity index (χ2v) is 3.96. The molecule has 0 aliphatic carbocycles. The summed E-state index contributed by atoms with van der Waals surface area (Å²) < 4.78 is 1.66. The SMILES string of the molecule is CCc1nc(=S)c2c(=O)[nH]c(=O)n(CC)c2[nH]1. The van der Waals surface area contributed by atoms with Crippen LogP contribution in [0, 0.1) is 4.64 Å². The zero-order valence-electron chi connectivity index (χ0n) is 9.53. The molecule has 6 nitrogen and oxygen atoms in total. The number of nitrogens with zero attached hydrogens (tertiary/aromatic N) is 2. The summed E-state index contributed by atoms with van der Waals surface area (Å²) >= 11 is 5.08. The largest absolute Gasteiger partial charge is 0.329 e. The molecule has 90 valence electrons. The summed E-state index contributed by atoms with van der Waals surface area (Å²) in [5, 5.41) is 0.263. The number of hydrogen-bond donors (Lipinski definition) is 2. The highest BCUT2D eigenvalue weighted by molar-refractivity contribution is 7.71. The fraction of sp³-hybridized carbons (Fsp3) is 0.400. The summed E-state index contributed by atoms with van der Waals surface area (Å²) in [4.78, 5) is 32.7. The van der Waals surface area contributed by atoms with Crippen molar-refractivity contribution in [3.63, 3.8) is 0 Å². The lowest BCUT2D eigenvalue weighted by molar-refractivity contribution is 0.712. The summed E-state index contributed by atoms with van der Waals surface area (Å²) in [5.41, 5.74) is -0.492. The maximum absolute atomic E-state index is 11.7. The molecule has 0 fully saturated rings. The Bertz CT molecular complexity index is 741. The summed E-state index contributed by atoms with van der Waals surface area (Å²) in [6.07, 6.45) is 0.657. The van der Waals surface area contributed by atoms with Crippen LogP contribution in [0.1, 0.15) is 19.7 Å². The number of hydrogen-bond acceptors (Lipinski definition) is 4. The normalized spacial score (nSPS) is 10.9. The lowest BCUT2D eigenvalue weighted by Gasteiger charge is -2.07. The number of aryl methyl sites for hydroxylation is 2. The predicted octanol–water partition coefficient (Wildman–Crippen LogP) is 0.725. The van der Waals surface area contributed by atoms with Gasteiger partial charge in [0, 0.05) is 13.0 Å². The molecule has 2 rings (SSSR count). The zero-order valence-corrected chi connectivity index (χ0v) is 10.3. The van der Waals surface area contributed by atoms with E-state index in [4.69, 9.17) is 12.2 Å². The van der Waals surface area contributed by atoms with Crippen LogP contribution in [-0.2, 0) is 13.0 Å². The van der Waals surface area contributed by atoms with Crippen molar-refractivity contribution in [1.82, 2.24) is 19.5 Å². The van der Waals surface area contributed by atoms with Crippen LogP contribution in [0.25, 0.3) is 11.0 Å².